The second kappa shape index (κ2) is 4.87. The van der Waals surface area contributed by atoms with Crippen LogP contribution in [0.1, 0.15) is 13.3 Å². The van der Waals surface area contributed by atoms with Crippen LogP contribution in [0.2, 0.25) is 0 Å². The third-order valence-corrected chi connectivity index (χ3v) is 4.10. The van der Waals surface area contributed by atoms with E-state index in [2.05, 4.69) is 15.3 Å². The lowest BCUT2D eigenvalue weighted by Crippen LogP contribution is -2.32. The molecule has 6 heteroatoms. The number of nitrogens with zero attached hydrogens (tertiary/aromatic N) is 3. The van der Waals surface area contributed by atoms with Crippen molar-refractivity contribution in [2.45, 2.75) is 13.3 Å². The lowest BCUT2D eigenvalue weighted by molar-refractivity contribution is -0.146. The average molecular weight is 286 g/mol. The molecule has 2 heterocycles. The Morgan fingerprint density at radius 1 is 1.38 bits per heavy atom. The summed E-state index contributed by atoms with van der Waals surface area (Å²) >= 11 is 0. The van der Waals surface area contributed by atoms with Gasteiger partial charge in [-0.2, -0.15) is 4.98 Å². The van der Waals surface area contributed by atoms with Gasteiger partial charge < -0.3 is 15.3 Å². The van der Waals surface area contributed by atoms with E-state index in [1.165, 1.54) is 0 Å². The fourth-order valence-electron chi connectivity index (χ4n) is 2.70. The van der Waals surface area contributed by atoms with Crippen molar-refractivity contribution in [1.29, 1.82) is 0 Å². The molecule has 1 aromatic heterocycles. The summed E-state index contributed by atoms with van der Waals surface area (Å²) in [5, 5.41) is 13.4. The summed E-state index contributed by atoms with van der Waals surface area (Å²) in [6.07, 6.45) is 0.605. The zero-order chi connectivity index (χ0) is 15.0. The molecule has 21 heavy (non-hydrogen) atoms. The molecule has 1 saturated heterocycles. The Morgan fingerprint density at radius 2 is 2.14 bits per heavy atom. The van der Waals surface area contributed by atoms with Crippen molar-refractivity contribution >= 4 is 28.6 Å². The van der Waals surface area contributed by atoms with Gasteiger partial charge in [-0.25, -0.2) is 4.98 Å². The number of nitrogens with one attached hydrogen (secondary N) is 1. The van der Waals surface area contributed by atoms with Crippen molar-refractivity contribution in [2.75, 3.05) is 30.4 Å². The molecule has 6 nitrogen and oxygen atoms in total. The number of carboxylic acids is 1. The van der Waals surface area contributed by atoms with Gasteiger partial charge in [0.2, 0.25) is 5.95 Å². The third kappa shape index (κ3) is 2.26. The minimum absolute atomic E-state index is 0.434. The summed E-state index contributed by atoms with van der Waals surface area (Å²) in [6, 6.07) is 7.79. The van der Waals surface area contributed by atoms with E-state index >= 15 is 0 Å². The van der Waals surface area contributed by atoms with E-state index in [1.54, 1.807) is 6.92 Å². The maximum Gasteiger partial charge on any atom is 0.311 e. The molecular weight excluding hydrogens is 268 g/mol. The van der Waals surface area contributed by atoms with Gasteiger partial charge in [0.25, 0.3) is 0 Å². The van der Waals surface area contributed by atoms with Crippen LogP contribution in [0.15, 0.2) is 24.3 Å². The van der Waals surface area contributed by atoms with Gasteiger partial charge in [-0.05, 0) is 25.5 Å². The average Bonchev–Trinajstić information content (AvgIpc) is 2.90. The van der Waals surface area contributed by atoms with Crippen molar-refractivity contribution in [2.24, 2.45) is 5.41 Å². The highest BCUT2D eigenvalue weighted by Gasteiger charge is 2.41. The molecule has 3 rings (SSSR count). The SMILES string of the molecule is CNc1nc(N2CCC(C)(C(=O)O)C2)nc2ccccc12. The fraction of sp³-hybridized carbons (Fsp3) is 0.400. The number of aromatic nitrogens is 2. The van der Waals surface area contributed by atoms with E-state index < -0.39 is 11.4 Å². The van der Waals surface area contributed by atoms with Crippen LogP contribution in [0.25, 0.3) is 10.9 Å². The number of anilines is 2. The first-order chi connectivity index (χ1) is 10.0. The third-order valence-electron chi connectivity index (χ3n) is 4.10. The van der Waals surface area contributed by atoms with Crippen LogP contribution in [0.5, 0.6) is 0 Å². The van der Waals surface area contributed by atoms with Crippen LogP contribution in [0, 0.1) is 5.41 Å². The predicted octanol–water partition coefficient (Wildman–Crippen LogP) is 1.97. The summed E-state index contributed by atoms with van der Waals surface area (Å²) in [5.74, 6) is 0.585. The molecule has 0 radical (unpaired) electrons. The molecule has 1 aromatic carbocycles. The van der Waals surface area contributed by atoms with E-state index in [9.17, 15) is 9.90 Å². The molecule has 0 saturated carbocycles. The lowest BCUT2D eigenvalue weighted by atomic mass is 9.90. The fourth-order valence-corrected chi connectivity index (χ4v) is 2.70. The van der Waals surface area contributed by atoms with Crippen molar-refractivity contribution in [1.82, 2.24) is 9.97 Å². The second-order valence-electron chi connectivity index (χ2n) is 5.68. The lowest BCUT2D eigenvalue weighted by Gasteiger charge is -2.21. The Bertz CT molecular complexity index is 703. The van der Waals surface area contributed by atoms with Crippen molar-refractivity contribution in [3.8, 4) is 0 Å². The Labute approximate surface area is 122 Å². The Kier molecular flexibility index (Phi) is 3.16. The first-order valence-electron chi connectivity index (χ1n) is 6.96. The van der Waals surface area contributed by atoms with E-state index in [-0.39, 0.29) is 0 Å². The van der Waals surface area contributed by atoms with Crippen LogP contribution < -0.4 is 10.2 Å². The number of aliphatic carboxylic acids is 1. The number of carboxylic acid groups (broad SMARTS) is 1. The van der Waals surface area contributed by atoms with Crippen LogP contribution in [0.4, 0.5) is 11.8 Å². The van der Waals surface area contributed by atoms with E-state index in [1.807, 2.05) is 36.2 Å². The molecule has 2 aromatic rings. The number of hydrogen-bond donors (Lipinski definition) is 2. The number of fused-ring (bicyclic) bond motifs is 1. The topological polar surface area (TPSA) is 78.4 Å². The number of benzene rings is 1. The van der Waals surface area contributed by atoms with Gasteiger partial charge in [0, 0.05) is 25.5 Å². The van der Waals surface area contributed by atoms with E-state index in [4.69, 9.17) is 0 Å². The van der Waals surface area contributed by atoms with Crippen LogP contribution in [0.3, 0.4) is 0 Å². The number of rotatable bonds is 3. The molecule has 0 aliphatic carbocycles. The largest absolute Gasteiger partial charge is 0.481 e. The number of carbonyl (C=O) groups is 1. The number of para-hydroxylation sites is 1. The van der Waals surface area contributed by atoms with Gasteiger partial charge in [-0.3, -0.25) is 4.79 Å². The quantitative estimate of drug-likeness (QED) is 0.898. The first kappa shape index (κ1) is 13.6. The van der Waals surface area contributed by atoms with Crippen molar-refractivity contribution < 1.29 is 9.90 Å². The summed E-state index contributed by atoms with van der Waals surface area (Å²) in [5.41, 5.74) is 0.130. The zero-order valence-corrected chi connectivity index (χ0v) is 12.1. The van der Waals surface area contributed by atoms with Gasteiger partial charge in [-0.1, -0.05) is 12.1 Å². The molecule has 1 fully saturated rings. The van der Waals surface area contributed by atoms with Crippen molar-refractivity contribution in [3.05, 3.63) is 24.3 Å². The summed E-state index contributed by atoms with van der Waals surface area (Å²) in [4.78, 5) is 22.4. The van der Waals surface area contributed by atoms with Gasteiger partial charge in [0.15, 0.2) is 0 Å². The van der Waals surface area contributed by atoms with Crippen LogP contribution in [-0.2, 0) is 4.79 Å². The Hall–Kier alpha value is -2.37. The van der Waals surface area contributed by atoms with Gasteiger partial charge in [0.05, 0.1) is 10.9 Å². The zero-order valence-electron chi connectivity index (χ0n) is 12.1. The normalized spacial score (nSPS) is 21.7. The highest BCUT2D eigenvalue weighted by atomic mass is 16.4. The van der Waals surface area contributed by atoms with Gasteiger partial charge >= 0.3 is 5.97 Å². The summed E-state index contributed by atoms with van der Waals surface area (Å²) in [6.45, 7) is 2.86. The highest BCUT2D eigenvalue weighted by Crippen LogP contribution is 2.33. The Morgan fingerprint density at radius 3 is 2.81 bits per heavy atom. The molecular formula is C15H18N4O2. The first-order valence-corrected chi connectivity index (χ1v) is 6.96. The minimum Gasteiger partial charge on any atom is -0.481 e. The molecule has 1 aliphatic heterocycles. The van der Waals surface area contributed by atoms with E-state index in [0.717, 1.165) is 16.7 Å². The van der Waals surface area contributed by atoms with Gasteiger partial charge in [-0.15, -0.1) is 0 Å². The molecule has 1 unspecified atom stereocenters. The van der Waals surface area contributed by atoms with Crippen LogP contribution >= 0.6 is 0 Å². The number of hydrogen-bond acceptors (Lipinski definition) is 5. The molecule has 0 spiro atoms. The molecule has 0 bridgehead atoms. The smallest absolute Gasteiger partial charge is 0.311 e. The molecule has 1 atom stereocenters. The highest BCUT2D eigenvalue weighted by molar-refractivity contribution is 5.90. The minimum atomic E-state index is -0.764. The Balaban J connectivity index is 2.00. The van der Waals surface area contributed by atoms with Crippen molar-refractivity contribution in [3.63, 3.8) is 0 Å². The maximum atomic E-state index is 11.4. The molecule has 110 valence electrons. The second-order valence-corrected chi connectivity index (χ2v) is 5.68. The van der Waals surface area contributed by atoms with Crippen LogP contribution in [-0.4, -0.2) is 41.2 Å². The van der Waals surface area contributed by atoms with Gasteiger partial charge in [0.1, 0.15) is 5.82 Å². The van der Waals surface area contributed by atoms with E-state index in [0.29, 0.717) is 25.5 Å². The molecule has 2 N–H and O–H groups in total. The monoisotopic (exact) mass is 286 g/mol. The standard InChI is InChI=1S/C15H18N4O2/c1-15(13(20)21)7-8-19(9-15)14-17-11-6-4-3-5-10(11)12(16-2)18-14/h3-6H,7-9H2,1-2H3,(H,20,21)(H,16,17,18). The molecule has 1 aliphatic rings. The maximum absolute atomic E-state index is 11.4. The predicted molar refractivity (Wildman–Crippen MR) is 81.7 cm³/mol. The summed E-state index contributed by atoms with van der Waals surface area (Å²) < 4.78 is 0. The summed E-state index contributed by atoms with van der Waals surface area (Å²) in [7, 11) is 1.82. The molecule has 0 amide bonds.